The van der Waals surface area contributed by atoms with Crippen LogP contribution in [0.3, 0.4) is 0 Å². The van der Waals surface area contributed by atoms with Crippen LogP contribution < -0.4 is 16.0 Å². The molecule has 0 aliphatic carbocycles. The van der Waals surface area contributed by atoms with Crippen molar-refractivity contribution < 1.29 is 22.7 Å². The van der Waals surface area contributed by atoms with Crippen molar-refractivity contribution in [2.45, 2.75) is 26.6 Å². The Balaban J connectivity index is 1.92. The molecule has 2 aromatic heterocycles. The van der Waals surface area contributed by atoms with Crippen LogP contribution in [0.2, 0.25) is 0 Å². The predicted molar refractivity (Wildman–Crippen MR) is 102 cm³/mol. The molecule has 3 rings (SSSR count). The van der Waals surface area contributed by atoms with E-state index in [9.17, 15) is 22.8 Å². The van der Waals surface area contributed by atoms with Crippen LogP contribution >= 0.6 is 11.3 Å². The fraction of sp³-hybridized carbons (Fsp3) is 0.211. The van der Waals surface area contributed by atoms with Gasteiger partial charge in [0.1, 0.15) is 23.6 Å². The number of thiazole rings is 1. The van der Waals surface area contributed by atoms with Gasteiger partial charge >= 0.3 is 6.18 Å². The molecule has 6 nitrogen and oxygen atoms in total. The maximum Gasteiger partial charge on any atom is 0.431 e. The zero-order chi connectivity index (χ0) is 21.3. The highest BCUT2D eigenvalue weighted by Gasteiger charge is 2.36. The highest BCUT2D eigenvalue weighted by atomic mass is 32.1. The molecule has 3 aromatic rings. The van der Waals surface area contributed by atoms with Crippen LogP contribution in [-0.4, -0.2) is 15.9 Å². The average molecular weight is 423 g/mol. The Hall–Kier alpha value is -3.14. The number of alkyl halides is 3. The summed E-state index contributed by atoms with van der Waals surface area (Å²) in [6, 6.07) is 6.69. The maximum absolute atomic E-state index is 13.4. The zero-order valence-electron chi connectivity index (χ0n) is 15.4. The second kappa shape index (κ2) is 7.70. The largest absolute Gasteiger partial charge is 0.488 e. The van der Waals surface area contributed by atoms with Gasteiger partial charge in [-0.25, -0.2) is 4.98 Å². The summed E-state index contributed by atoms with van der Waals surface area (Å²) in [5, 5.41) is 0.916. The molecule has 0 radical (unpaired) electrons. The van der Waals surface area contributed by atoms with Gasteiger partial charge in [-0.1, -0.05) is 12.1 Å². The van der Waals surface area contributed by atoms with Crippen LogP contribution in [0.4, 0.5) is 13.2 Å². The molecule has 1 amide bonds. The van der Waals surface area contributed by atoms with E-state index in [1.165, 1.54) is 35.6 Å². The molecular weight excluding hydrogens is 407 g/mol. The van der Waals surface area contributed by atoms with E-state index < -0.39 is 28.9 Å². The first-order chi connectivity index (χ1) is 13.6. The van der Waals surface area contributed by atoms with Crippen LogP contribution in [0.1, 0.15) is 31.6 Å². The Labute approximate surface area is 167 Å². The third kappa shape index (κ3) is 4.48. The predicted octanol–water partition coefficient (Wildman–Crippen LogP) is 3.81. The van der Waals surface area contributed by atoms with Gasteiger partial charge < -0.3 is 15.5 Å². The van der Waals surface area contributed by atoms with Crippen molar-refractivity contribution in [2.75, 3.05) is 0 Å². The highest BCUT2D eigenvalue weighted by molar-refractivity contribution is 7.11. The molecule has 0 unspecified atom stereocenters. The van der Waals surface area contributed by atoms with Crippen molar-refractivity contribution in [3.63, 3.8) is 0 Å². The van der Waals surface area contributed by atoms with Gasteiger partial charge in [0.05, 0.1) is 15.6 Å². The Kier molecular flexibility index (Phi) is 5.47. The minimum Gasteiger partial charge on any atom is -0.488 e. The van der Waals surface area contributed by atoms with Gasteiger partial charge in [0.25, 0.3) is 11.5 Å². The summed E-state index contributed by atoms with van der Waals surface area (Å²) in [4.78, 5) is 30.1. The molecule has 3 N–H and O–H groups in total. The first-order valence-electron chi connectivity index (χ1n) is 8.36. The number of aromatic amines is 1. The molecule has 152 valence electrons. The number of amides is 1. The first-order valence-corrected chi connectivity index (χ1v) is 9.18. The lowest BCUT2D eigenvalue weighted by Gasteiger charge is -2.14. The molecule has 0 saturated carbocycles. The normalized spacial score (nSPS) is 11.5. The van der Waals surface area contributed by atoms with Crippen LogP contribution in [0.5, 0.6) is 5.75 Å². The first kappa shape index (κ1) is 20.6. The third-order valence-corrected chi connectivity index (χ3v) is 5.17. The molecular formula is C19H16F3N3O3S. The smallest absolute Gasteiger partial charge is 0.431 e. The number of hydrogen-bond acceptors (Lipinski definition) is 5. The molecule has 0 spiro atoms. The van der Waals surface area contributed by atoms with Gasteiger partial charge in [-0.2, -0.15) is 13.2 Å². The summed E-state index contributed by atoms with van der Waals surface area (Å²) in [7, 11) is 0. The minimum atomic E-state index is -4.82. The summed E-state index contributed by atoms with van der Waals surface area (Å²) < 4.78 is 45.7. The second-order valence-electron chi connectivity index (χ2n) is 6.22. The van der Waals surface area contributed by atoms with Crippen LogP contribution in [0.25, 0.3) is 11.1 Å². The number of nitrogens with one attached hydrogen (secondary N) is 1. The fourth-order valence-corrected chi connectivity index (χ4v) is 3.60. The number of carbonyl (C=O) groups is 1. The number of aryl methyl sites for hydroxylation is 2. The van der Waals surface area contributed by atoms with Gasteiger partial charge in [0.15, 0.2) is 0 Å². The van der Waals surface area contributed by atoms with E-state index in [-0.39, 0.29) is 17.7 Å². The average Bonchev–Trinajstić information content (AvgIpc) is 2.96. The number of ether oxygens (including phenoxy) is 1. The molecule has 0 aliphatic heterocycles. The van der Waals surface area contributed by atoms with Gasteiger partial charge in [-0.3, -0.25) is 9.59 Å². The van der Waals surface area contributed by atoms with Gasteiger partial charge in [-0.05, 0) is 37.6 Å². The quantitative estimate of drug-likeness (QED) is 0.652. The van der Waals surface area contributed by atoms with Crippen LogP contribution in [-0.2, 0) is 12.8 Å². The van der Waals surface area contributed by atoms with Crippen LogP contribution in [0, 0.1) is 13.8 Å². The lowest BCUT2D eigenvalue weighted by atomic mass is 10.0. The molecule has 29 heavy (non-hydrogen) atoms. The van der Waals surface area contributed by atoms with E-state index in [0.29, 0.717) is 5.75 Å². The third-order valence-electron chi connectivity index (χ3n) is 4.12. The summed E-state index contributed by atoms with van der Waals surface area (Å²) >= 11 is 1.51. The van der Waals surface area contributed by atoms with E-state index in [1.807, 2.05) is 13.8 Å². The number of rotatable bonds is 5. The number of H-pyrrole nitrogens is 1. The highest BCUT2D eigenvalue weighted by Crippen LogP contribution is 2.36. The van der Waals surface area contributed by atoms with Crippen molar-refractivity contribution in [1.82, 2.24) is 9.97 Å². The van der Waals surface area contributed by atoms with Gasteiger partial charge in [0.2, 0.25) is 0 Å². The molecule has 0 aliphatic rings. The number of aromatic nitrogens is 2. The monoisotopic (exact) mass is 423 g/mol. The van der Waals surface area contributed by atoms with Crippen molar-refractivity contribution >= 4 is 17.2 Å². The number of nitrogens with zero attached hydrogens (tertiary/aromatic N) is 1. The summed E-state index contributed by atoms with van der Waals surface area (Å²) in [5.41, 5.74) is 2.75. The number of primary amides is 1. The number of hydrogen-bond donors (Lipinski definition) is 2. The second-order valence-corrected chi connectivity index (χ2v) is 7.51. The molecule has 2 heterocycles. The van der Waals surface area contributed by atoms with Crippen LogP contribution in [0.15, 0.2) is 35.1 Å². The van der Waals surface area contributed by atoms with E-state index in [1.54, 1.807) is 4.98 Å². The number of halogens is 3. The maximum atomic E-state index is 13.4. The SMILES string of the molecule is Cc1nc(C)c(COc2ccc(-c3cc(C(N)=O)c(=O)[nH]c3C(F)(F)F)cc2)s1. The number of pyridine rings is 1. The van der Waals surface area contributed by atoms with E-state index in [2.05, 4.69) is 4.98 Å². The summed E-state index contributed by atoms with van der Waals surface area (Å²) in [6.45, 7) is 4.05. The zero-order valence-corrected chi connectivity index (χ0v) is 16.2. The lowest BCUT2D eigenvalue weighted by Crippen LogP contribution is -2.27. The van der Waals surface area contributed by atoms with Gasteiger partial charge in [0, 0.05) is 5.56 Å². The Morgan fingerprint density at radius 1 is 1.24 bits per heavy atom. The molecule has 10 heteroatoms. The lowest BCUT2D eigenvalue weighted by molar-refractivity contribution is -0.140. The number of nitrogens with two attached hydrogens (primary N) is 1. The van der Waals surface area contributed by atoms with Crippen molar-refractivity contribution in [3.05, 3.63) is 67.5 Å². The minimum absolute atomic E-state index is 0.147. The van der Waals surface area contributed by atoms with Crippen molar-refractivity contribution in [2.24, 2.45) is 5.73 Å². The number of carbonyl (C=O) groups excluding carboxylic acids is 1. The molecule has 0 bridgehead atoms. The molecule has 0 atom stereocenters. The van der Waals surface area contributed by atoms with E-state index >= 15 is 0 Å². The van der Waals surface area contributed by atoms with Gasteiger partial charge in [-0.15, -0.1) is 11.3 Å². The van der Waals surface area contributed by atoms with Crippen molar-refractivity contribution in [1.29, 1.82) is 0 Å². The topological polar surface area (TPSA) is 98.1 Å². The summed E-state index contributed by atoms with van der Waals surface area (Å²) in [6.07, 6.45) is -4.82. The van der Waals surface area contributed by atoms with E-state index in [0.717, 1.165) is 21.6 Å². The number of benzene rings is 1. The fourth-order valence-electron chi connectivity index (χ4n) is 2.75. The molecule has 0 fully saturated rings. The van der Waals surface area contributed by atoms with Crippen molar-refractivity contribution in [3.8, 4) is 16.9 Å². The van der Waals surface area contributed by atoms with E-state index in [4.69, 9.17) is 10.5 Å². The molecule has 1 aromatic carbocycles. The molecule has 0 saturated heterocycles. The summed E-state index contributed by atoms with van der Waals surface area (Å²) in [5.74, 6) is -0.663. The Morgan fingerprint density at radius 3 is 2.41 bits per heavy atom. The standard InChI is InChI=1S/C19H16F3N3O3S/c1-9-15(29-10(2)24-9)8-28-12-5-3-11(4-6-12)13-7-14(17(23)26)18(27)25-16(13)19(20,21)22/h3-7H,8H2,1-2H3,(H2,23,26)(H,25,27). The Morgan fingerprint density at radius 2 is 1.90 bits per heavy atom. The Bertz CT molecular complexity index is 1120.